The first kappa shape index (κ1) is 15.0. The summed E-state index contributed by atoms with van der Waals surface area (Å²) in [6.45, 7) is 1.07. The van der Waals surface area contributed by atoms with Gasteiger partial charge in [-0.3, -0.25) is 4.79 Å². The summed E-state index contributed by atoms with van der Waals surface area (Å²) in [5, 5.41) is 2.64. The van der Waals surface area contributed by atoms with Gasteiger partial charge in [-0.1, -0.05) is 34.1 Å². The zero-order valence-electron chi connectivity index (χ0n) is 12.0. The van der Waals surface area contributed by atoms with Crippen LogP contribution in [0.5, 0.6) is 0 Å². The zero-order chi connectivity index (χ0) is 15.5. The van der Waals surface area contributed by atoms with Gasteiger partial charge in [0.2, 0.25) is 5.91 Å². The first-order valence-corrected chi connectivity index (χ1v) is 8.00. The van der Waals surface area contributed by atoms with Gasteiger partial charge in [-0.15, -0.1) is 0 Å². The molecule has 0 aliphatic carbocycles. The summed E-state index contributed by atoms with van der Waals surface area (Å²) in [6, 6.07) is 12.7. The van der Waals surface area contributed by atoms with Gasteiger partial charge in [-0.05, 0) is 42.7 Å². The molecular weight excluding hydrogens is 347 g/mol. The molecule has 1 amide bonds. The number of rotatable bonds is 3. The topological polar surface area (TPSA) is 32.3 Å². The highest BCUT2D eigenvalue weighted by Crippen LogP contribution is 2.26. The predicted octanol–water partition coefficient (Wildman–Crippen LogP) is 3.98. The summed E-state index contributed by atoms with van der Waals surface area (Å²) < 4.78 is 14.4. The fraction of sp³-hybridized carbons (Fsp3) is 0.235. The van der Waals surface area contributed by atoms with Crippen LogP contribution in [-0.2, 0) is 11.2 Å². The molecule has 3 rings (SSSR count). The van der Waals surface area contributed by atoms with Gasteiger partial charge < -0.3 is 10.2 Å². The minimum absolute atomic E-state index is 0.207. The average Bonchev–Trinajstić information content (AvgIpc) is 2.50. The Morgan fingerprint density at radius 3 is 2.91 bits per heavy atom. The van der Waals surface area contributed by atoms with E-state index in [-0.39, 0.29) is 18.1 Å². The number of anilines is 2. The van der Waals surface area contributed by atoms with E-state index in [4.69, 9.17) is 0 Å². The monoisotopic (exact) mass is 362 g/mol. The molecule has 1 aliphatic heterocycles. The quantitative estimate of drug-likeness (QED) is 0.895. The number of halogens is 2. The van der Waals surface area contributed by atoms with Crippen LogP contribution in [0, 0.1) is 5.82 Å². The number of aryl methyl sites for hydroxylation is 1. The molecule has 0 unspecified atom stereocenters. The Bertz CT molecular complexity index is 705. The Balaban J connectivity index is 1.70. The van der Waals surface area contributed by atoms with E-state index in [0.717, 1.165) is 25.1 Å². The Morgan fingerprint density at radius 2 is 2.09 bits per heavy atom. The van der Waals surface area contributed by atoms with Gasteiger partial charge in [-0.2, -0.15) is 0 Å². The first-order chi connectivity index (χ1) is 10.6. The van der Waals surface area contributed by atoms with Crippen molar-refractivity contribution in [2.45, 2.75) is 12.8 Å². The fourth-order valence-electron chi connectivity index (χ4n) is 2.73. The van der Waals surface area contributed by atoms with Gasteiger partial charge in [0.25, 0.3) is 0 Å². The van der Waals surface area contributed by atoms with E-state index in [1.807, 2.05) is 23.1 Å². The van der Waals surface area contributed by atoms with Crippen molar-refractivity contribution in [1.29, 1.82) is 0 Å². The van der Waals surface area contributed by atoms with Crippen molar-refractivity contribution in [2.75, 3.05) is 23.3 Å². The number of para-hydroxylation sites is 1. The van der Waals surface area contributed by atoms with Crippen molar-refractivity contribution in [2.24, 2.45) is 0 Å². The molecule has 2 aromatic rings. The zero-order valence-corrected chi connectivity index (χ0v) is 13.6. The van der Waals surface area contributed by atoms with E-state index in [1.54, 1.807) is 12.1 Å². The molecular formula is C17H16BrFN2O. The van der Waals surface area contributed by atoms with E-state index in [9.17, 15) is 9.18 Å². The van der Waals surface area contributed by atoms with Crippen LogP contribution in [0.4, 0.5) is 15.8 Å². The molecule has 0 radical (unpaired) electrons. The van der Waals surface area contributed by atoms with E-state index in [1.165, 1.54) is 11.6 Å². The van der Waals surface area contributed by atoms with E-state index < -0.39 is 5.82 Å². The number of carbonyl (C=O) groups excluding carboxylic acids is 1. The molecule has 1 heterocycles. The van der Waals surface area contributed by atoms with Gasteiger partial charge in [-0.25, -0.2) is 4.39 Å². The number of carbonyl (C=O) groups is 1. The maximum Gasteiger partial charge on any atom is 0.243 e. The van der Waals surface area contributed by atoms with Crippen molar-refractivity contribution in [1.82, 2.24) is 0 Å². The van der Waals surface area contributed by atoms with Crippen molar-refractivity contribution in [3.63, 3.8) is 0 Å². The largest absolute Gasteiger partial charge is 0.362 e. The molecule has 22 heavy (non-hydrogen) atoms. The standard InChI is InChI=1S/C17H16BrFN2O/c18-13-7-8-15(14(19)10-13)20-17(22)11-21-9-3-5-12-4-1-2-6-16(12)21/h1-2,4,6-8,10H,3,5,9,11H2,(H,20,22). The summed E-state index contributed by atoms with van der Waals surface area (Å²) >= 11 is 3.20. The fourth-order valence-corrected chi connectivity index (χ4v) is 3.06. The summed E-state index contributed by atoms with van der Waals surface area (Å²) in [6.07, 6.45) is 2.06. The molecule has 114 valence electrons. The van der Waals surface area contributed by atoms with Crippen LogP contribution >= 0.6 is 15.9 Å². The molecule has 1 N–H and O–H groups in total. The number of nitrogens with zero attached hydrogens (tertiary/aromatic N) is 1. The number of hydrogen-bond donors (Lipinski definition) is 1. The summed E-state index contributed by atoms with van der Waals surface area (Å²) in [4.78, 5) is 14.2. The highest BCUT2D eigenvalue weighted by atomic mass is 79.9. The minimum Gasteiger partial charge on any atom is -0.362 e. The molecule has 2 aromatic carbocycles. The second-order valence-electron chi connectivity index (χ2n) is 5.33. The Kier molecular flexibility index (Phi) is 4.43. The van der Waals surface area contributed by atoms with Crippen LogP contribution in [0.15, 0.2) is 46.9 Å². The summed E-state index contributed by atoms with van der Waals surface area (Å²) in [7, 11) is 0. The molecule has 0 bridgehead atoms. The average molecular weight is 363 g/mol. The van der Waals surface area contributed by atoms with Crippen LogP contribution in [0.2, 0.25) is 0 Å². The lowest BCUT2D eigenvalue weighted by atomic mass is 10.0. The van der Waals surface area contributed by atoms with E-state index in [2.05, 4.69) is 27.3 Å². The van der Waals surface area contributed by atoms with Crippen molar-refractivity contribution >= 4 is 33.2 Å². The van der Waals surface area contributed by atoms with Crippen LogP contribution in [-0.4, -0.2) is 19.0 Å². The van der Waals surface area contributed by atoms with Crippen molar-refractivity contribution < 1.29 is 9.18 Å². The molecule has 0 aromatic heterocycles. The third-order valence-electron chi connectivity index (χ3n) is 3.75. The van der Waals surface area contributed by atoms with Gasteiger partial charge in [0.15, 0.2) is 0 Å². The lowest BCUT2D eigenvalue weighted by molar-refractivity contribution is -0.115. The van der Waals surface area contributed by atoms with Gasteiger partial charge in [0, 0.05) is 16.7 Å². The summed E-state index contributed by atoms with van der Waals surface area (Å²) in [5.74, 6) is -0.653. The maximum atomic E-state index is 13.8. The number of nitrogens with one attached hydrogen (secondary N) is 1. The van der Waals surface area contributed by atoms with Gasteiger partial charge >= 0.3 is 0 Å². The van der Waals surface area contributed by atoms with Crippen LogP contribution in [0.1, 0.15) is 12.0 Å². The second-order valence-corrected chi connectivity index (χ2v) is 6.24. The Hall–Kier alpha value is -1.88. The SMILES string of the molecule is O=C(CN1CCCc2ccccc21)Nc1ccc(Br)cc1F. The third kappa shape index (κ3) is 3.30. The lowest BCUT2D eigenvalue weighted by Gasteiger charge is -2.30. The second kappa shape index (κ2) is 6.48. The molecule has 0 saturated carbocycles. The molecule has 1 aliphatic rings. The lowest BCUT2D eigenvalue weighted by Crippen LogP contribution is -2.36. The van der Waals surface area contributed by atoms with Crippen LogP contribution in [0.25, 0.3) is 0 Å². The van der Waals surface area contributed by atoms with E-state index >= 15 is 0 Å². The molecule has 0 saturated heterocycles. The van der Waals surface area contributed by atoms with Crippen molar-refractivity contribution in [3.05, 3.63) is 58.3 Å². The maximum absolute atomic E-state index is 13.8. The molecule has 0 spiro atoms. The minimum atomic E-state index is -0.443. The number of fused-ring (bicyclic) bond motifs is 1. The van der Waals surface area contributed by atoms with Gasteiger partial charge in [0.05, 0.1) is 12.2 Å². The molecule has 5 heteroatoms. The molecule has 0 atom stereocenters. The molecule has 3 nitrogen and oxygen atoms in total. The Morgan fingerprint density at radius 1 is 1.27 bits per heavy atom. The summed E-state index contributed by atoms with van der Waals surface area (Å²) in [5.41, 5.74) is 2.56. The molecule has 0 fully saturated rings. The van der Waals surface area contributed by atoms with Crippen LogP contribution < -0.4 is 10.2 Å². The number of hydrogen-bond acceptors (Lipinski definition) is 2. The van der Waals surface area contributed by atoms with Crippen molar-refractivity contribution in [3.8, 4) is 0 Å². The smallest absolute Gasteiger partial charge is 0.243 e. The van der Waals surface area contributed by atoms with E-state index in [0.29, 0.717) is 4.47 Å². The first-order valence-electron chi connectivity index (χ1n) is 7.21. The third-order valence-corrected chi connectivity index (χ3v) is 4.24. The van der Waals surface area contributed by atoms with Gasteiger partial charge in [0.1, 0.15) is 5.82 Å². The Labute approximate surface area is 137 Å². The number of benzene rings is 2. The predicted molar refractivity (Wildman–Crippen MR) is 89.7 cm³/mol. The highest BCUT2D eigenvalue weighted by Gasteiger charge is 2.19. The number of amides is 1. The van der Waals surface area contributed by atoms with Crippen LogP contribution in [0.3, 0.4) is 0 Å². The normalized spacial score (nSPS) is 13.6. The highest BCUT2D eigenvalue weighted by molar-refractivity contribution is 9.10.